The number of aromatic nitrogens is 1. The van der Waals surface area contributed by atoms with Crippen LogP contribution in [0.25, 0.3) is 0 Å². The Bertz CT molecular complexity index is 1490. The minimum Gasteiger partial charge on any atom is -0.489 e. The zero-order chi connectivity index (χ0) is 29.5. The van der Waals surface area contributed by atoms with E-state index < -0.39 is 6.03 Å². The number of piperidine rings is 1. The van der Waals surface area contributed by atoms with E-state index in [0.29, 0.717) is 27.1 Å². The Morgan fingerprint density at radius 2 is 1.76 bits per heavy atom. The second kappa shape index (κ2) is 13.6. The number of para-hydroxylation sites is 1. The predicted molar refractivity (Wildman–Crippen MR) is 177 cm³/mol. The number of halogens is 1. The molecule has 0 spiro atoms. The molecule has 4 aromatic rings. The molecule has 5 rings (SSSR count). The van der Waals surface area contributed by atoms with Crippen molar-refractivity contribution in [3.63, 3.8) is 0 Å². The lowest BCUT2D eigenvalue weighted by molar-refractivity contribution is 0.0854. The SMILES string of the molecule is CC(C)(C)c1ccccc1Oc1ncccc1NC(=O)Nc1cccc(OC2CCCN(C(I)c3ccccc3)C2)c1. The molecule has 218 valence electrons. The normalized spacial score (nSPS) is 16.3. The van der Waals surface area contributed by atoms with Gasteiger partial charge in [0.15, 0.2) is 0 Å². The van der Waals surface area contributed by atoms with Crippen LogP contribution in [0.15, 0.2) is 97.2 Å². The molecule has 3 aromatic carbocycles. The van der Waals surface area contributed by atoms with E-state index in [1.807, 2.05) is 54.6 Å². The monoisotopic (exact) mass is 676 g/mol. The number of amides is 2. The number of likely N-dealkylation sites (tertiary alicyclic amines) is 1. The van der Waals surface area contributed by atoms with Gasteiger partial charge in [-0.15, -0.1) is 0 Å². The summed E-state index contributed by atoms with van der Waals surface area (Å²) in [6, 6.07) is 29.1. The summed E-state index contributed by atoms with van der Waals surface area (Å²) in [5.41, 5.74) is 3.35. The van der Waals surface area contributed by atoms with Crippen molar-refractivity contribution in [2.45, 2.75) is 49.2 Å². The average molecular weight is 677 g/mol. The van der Waals surface area contributed by atoms with Crippen LogP contribution in [0.3, 0.4) is 0 Å². The van der Waals surface area contributed by atoms with Crippen molar-refractivity contribution >= 4 is 40.0 Å². The second-order valence-corrected chi connectivity index (χ2v) is 12.6. The maximum atomic E-state index is 13.0. The lowest BCUT2D eigenvalue weighted by atomic mass is 9.86. The number of hydrogen-bond donors (Lipinski definition) is 2. The van der Waals surface area contributed by atoms with Crippen LogP contribution in [-0.2, 0) is 5.41 Å². The molecule has 42 heavy (non-hydrogen) atoms. The molecule has 0 saturated carbocycles. The van der Waals surface area contributed by atoms with Crippen LogP contribution in [-0.4, -0.2) is 35.1 Å². The van der Waals surface area contributed by atoms with Crippen molar-refractivity contribution < 1.29 is 14.3 Å². The van der Waals surface area contributed by atoms with Crippen molar-refractivity contribution in [1.29, 1.82) is 0 Å². The fourth-order valence-corrected chi connectivity index (χ4v) is 5.98. The molecule has 1 aromatic heterocycles. The number of benzene rings is 3. The summed E-state index contributed by atoms with van der Waals surface area (Å²) in [6.45, 7) is 8.29. The Morgan fingerprint density at radius 3 is 2.57 bits per heavy atom. The van der Waals surface area contributed by atoms with Crippen molar-refractivity contribution in [1.82, 2.24) is 9.88 Å². The third-order valence-corrected chi connectivity index (χ3v) is 8.63. The number of pyridine rings is 1. The number of nitrogens with zero attached hydrogens (tertiary/aromatic N) is 2. The van der Waals surface area contributed by atoms with Gasteiger partial charge >= 0.3 is 6.03 Å². The van der Waals surface area contributed by atoms with Crippen molar-refractivity contribution in [2.75, 3.05) is 23.7 Å². The summed E-state index contributed by atoms with van der Waals surface area (Å²) in [4.78, 5) is 19.9. The highest BCUT2D eigenvalue weighted by Crippen LogP contribution is 2.36. The highest BCUT2D eigenvalue weighted by atomic mass is 127. The molecule has 0 aliphatic carbocycles. The Morgan fingerprint density at radius 1 is 0.976 bits per heavy atom. The van der Waals surface area contributed by atoms with Crippen molar-refractivity contribution in [3.05, 3.63) is 108 Å². The fraction of sp³-hybridized carbons (Fsp3) is 0.294. The molecule has 2 unspecified atom stereocenters. The van der Waals surface area contributed by atoms with Gasteiger partial charge in [0, 0.05) is 30.1 Å². The van der Waals surface area contributed by atoms with E-state index in [0.717, 1.165) is 37.2 Å². The molecule has 1 fully saturated rings. The van der Waals surface area contributed by atoms with E-state index >= 15 is 0 Å². The molecule has 1 aliphatic heterocycles. The third-order valence-electron chi connectivity index (χ3n) is 7.12. The molecule has 8 heteroatoms. The lowest BCUT2D eigenvalue weighted by Crippen LogP contribution is -2.41. The topological polar surface area (TPSA) is 75.7 Å². The first-order valence-electron chi connectivity index (χ1n) is 14.3. The average Bonchev–Trinajstić information content (AvgIpc) is 2.98. The number of urea groups is 1. The van der Waals surface area contributed by atoms with Crippen LogP contribution in [0, 0.1) is 0 Å². The first-order chi connectivity index (χ1) is 20.3. The van der Waals surface area contributed by atoms with Gasteiger partial charge in [-0.05, 0) is 60.7 Å². The first-order valence-corrected chi connectivity index (χ1v) is 15.5. The van der Waals surface area contributed by atoms with E-state index in [1.165, 1.54) is 5.56 Å². The Labute approximate surface area is 261 Å². The van der Waals surface area contributed by atoms with E-state index in [-0.39, 0.29) is 11.5 Å². The summed E-state index contributed by atoms with van der Waals surface area (Å²) >= 11 is 2.51. The van der Waals surface area contributed by atoms with Crippen LogP contribution in [0.1, 0.15) is 48.8 Å². The van der Waals surface area contributed by atoms with Crippen molar-refractivity contribution in [2.24, 2.45) is 0 Å². The highest BCUT2D eigenvalue weighted by Gasteiger charge is 2.26. The van der Waals surface area contributed by atoms with Crippen LogP contribution < -0.4 is 20.1 Å². The molecule has 0 radical (unpaired) electrons. The smallest absolute Gasteiger partial charge is 0.323 e. The standard InChI is InChI=1S/C34H37IN4O3/c1-34(2,3)28-17-7-8-19-30(28)42-32-29(18-10-20-36-32)38-33(40)37-25-14-9-15-26(22-25)41-27-16-11-21-39(23-27)31(35)24-12-5-4-6-13-24/h4-10,12-15,17-20,22,27,31H,11,16,21,23H2,1-3H3,(H2,37,38,40). The summed E-state index contributed by atoms with van der Waals surface area (Å²) in [5, 5.41) is 5.80. The molecule has 1 aliphatic rings. The van der Waals surface area contributed by atoms with Crippen LogP contribution >= 0.6 is 22.6 Å². The molecule has 0 bridgehead atoms. The van der Waals surface area contributed by atoms with Gasteiger partial charge in [0.1, 0.15) is 23.3 Å². The highest BCUT2D eigenvalue weighted by molar-refractivity contribution is 14.1. The second-order valence-electron chi connectivity index (χ2n) is 11.4. The minimum absolute atomic E-state index is 0.0786. The van der Waals surface area contributed by atoms with Crippen molar-refractivity contribution in [3.8, 4) is 17.4 Å². The van der Waals surface area contributed by atoms with Crippen LogP contribution in [0.4, 0.5) is 16.2 Å². The lowest BCUT2D eigenvalue weighted by Gasteiger charge is -2.36. The molecular weight excluding hydrogens is 639 g/mol. The summed E-state index contributed by atoms with van der Waals surface area (Å²) in [7, 11) is 0. The number of ether oxygens (including phenoxy) is 2. The minimum atomic E-state index is -0.395. The van der Waals surface area contributed by atoms with E-state index in [1.54, 1.807) is 18.3 Å². The number of hydrogen-bond acceptors (Lipinski definition) is 5. The third kappa shape index (κ3) is 7.80. The Kier molecular flexibility index (Phi) is 9.64. The number of alkyl halides is 1. The fourth-order valence-electron chi connectivity index (χ4n) is 5.06. The maximum Gasteiger partial charge on any atom is 0.323 e. The molecule has 2 N–H and O–H groups in total. The predicted octanol–water partition coefficient (Wildman–Crippen LogP) is 8.79. The van der Waals surface area contributed by atoms with Gasteiger partial charge in [0.25, 0.3) is 0 Å². The van der Waals surface area contributed by atoms with Gasteiger partial charge in [0.05, 0.1) is 4.05 Å². The zero-order valence-electron chi connectivity index (χ0n) is 24.2. The van der Waals surface area contributed by atoms with E-state index in [2.05, 4.69) is 88.1 Å². The number of nitrogens with one attached hydrogen (secondary N) is 2. The largest absolute Gasteiger partial charge is 0.489 e. The number of carbonyl (C=O) groups excluding carboxylic acids is 1. The number of rotatable bonds is 8. The zero-order valence-corrected chi connectivity index (χ0v) is 26.4. The molecular formula is C34H37IN4O3. The summed E-state index contributed by atoms with van der Waals surface area (Å²) < 4.78 is 12.9. The molecule has 7 nitrogen and oxygen atoms in total. The van der Waals surface area contributed by atoms with E-state index in [4.69, 9.17) is 9.47 Å². The quantitative estimate of drug-likeness (QED) is 0.111. The van der Waals surface area contributed by atoms with Gasteiger partial charge < -0.3 is 20.1 Å². The van der Waals surface area contributed by atoms with Crippen LogP contribution in [0.2, 0.25) is 0 Å². The molecule has 2 heterocycles. The van der Waals surface area contributed by atoms with Gasteiger partial charge in [-0.25, -0.2) is 9.78 Å². The number of carbonyl (C=O) groups is 1. The summed E-state index contributed by atoms with van der Waals surface area (Å²) in [6.07, 6.45) is 3.79. The molecule has 2 amide bonds. The Hall–Kier alpha value is -3.63. The first kappa shape index (κ1) is 29.8. The molecule has 2 atom stereocenters. The van der Waals surface area contributed by atoms with Crippen LogP contribution in [0.5, 0.6) is 17.4 Å². The number of anilines is 2. The van der Waals surface area contributed by atoms with Gasteiger partial charge in [-0.2, -0.15) is 0 Å². The van der Waals surface area contributed by atoms with E-state index in [9.17, 15) is 4.79 Å². The summed E-state index contributed by atoms with van der Waals surface area (Å²) in [5.74, 6) is 1.76. The van der Waals surface area contributed by atoms with Gasteiger partial charge in [0.2, 0.25) is 5.88 Å². The maximum absolute atomic E-state index is 13.0. The van der Waals surface area contributed by atoms with Gasteiger partial charge in [-0.1, -0.05) is 98.0 Å². The van der Waals surface area contributed by atoms with Gasteiger partial charge in [-0.3, -0.25) is 4.90 Å². The Balaban J connectivity index is 1.21. The molecule has 1 saturated heterocycles.